The Balaban J connectivity index is 1.40. The van der Waals surface area contributed by atoms with Gasteiger partial charge in [0.15, 0.2) is 5.82 Å². The number of benzene rings is 1. The monoisotopic (exact) mass is 460 g/mol. The number of halogens is 2. The van der Waals surface area contributed by atoms with Crippen LogP contribution in [0.15, 0.2) is 61.2 Å². The van der Waals surface area contributed by atoms with Gasteiger partial charge in [-0.25, -0.2) is 23.7 Å². The second-order valence-corrected chi connectivity index (χ2v) is 8.19. The van der Waals surface area contributed by atoms with Crippen molar-refractivity contribution < 1.29 is 13.6 Å². The van der Waals surface area contributed by atoms with E-state index in [0.717, 1.165) is 24.1 Å². The number of aryl methyl sites for hydroxylation is 1. The van der Waals surface area contributed by atoms with E-state index in [2.05, 4.69) is 20.3 Å². The molecule has 4 aromatic rings. The van der Waals surface area contributed by atoms with Crippen LogP contribution < -0.4 is 10.2 Å². The van der Waals surface area contributed by atoms with Crippen LogP contribution in [0.25, 0.3) is 11.0 Å². The molecule has 0 radical (unpaired) electrons. The van der Waals surface area contributed by atoms with Gasteiger partial charge in [-0.1, -0.05) is 6.07 Å². The van der Waals surface area contributed by atoms with Crippen LogP contribution in [-0.2, 0) is 11.2 Å². The lowest BCUT2D eigenvalue weighted by molar-refractivity contribution is -0.116. The number of nitrogens with one attached hydrogen (secondary N) is 1. The zero-order valence-electron chi connectivity index (χ0n) is 18.3. The standard InChI is InChI=1S/C25H22F2N6O/c26-17-6-7-19(27)18(13-17)21-4-2-12-33(21)22-9-8-20-24(31-22)25(30-15-29-20)32-23(34)10-5-16-3-1-11-28-14-16/h1,3,6-9,11,13-15,21H,2,4-5,10,12H2,(H,29,30,32,34)/t21-/m1/s1. The third-order valence-corrected chi connectivity index (χ3v) is 5.95. The molecule has 3 aromatic heterocycles. The molecule has 1 saturated heterocycles. The van der Waals surface area contributed by atoms with Gasteiger partial charge in [0.05, 0.1) is 11.6 Å². The lowest BCUT2D eigenvalue weighted by atomic mass is 10.0. The number of aromatic nitrogens is 4. The molecule has 7 nitrogen and oxygen atoms in total. The number of fused-ring (bicyclic) bond motifs is 1. The van der Waals surface area contributed by atoms with Crippen molar-refractivity contribution in [3.63, 3.8) is 0 Å². The third kappa shape index (κ3) is 4.54. The second kappa shape index (κ2) is 9.46. The van der Waals surface area contributed by atoms with Crippen LogP contribution >= 0.6 is 0 Å². The minimum atomic E-state index is -0.473. The molecule has 0 bridgehead atoms. The molecule has 34 heavy (non-hydrogen) atoms. The first-order valence-electron chi connectivity index (χ1n) is 11.1. The van der Waals surface area contributed by atoms with E-state index in [-0.39, 0.29) is 18.4 Å². The fraction of sp³-hybridized carbons (Fsp3) is 0.240. The maximum atomic E-state index is 14.5. The van der Waals surface area contributed by atoms with Crippen LogP contribution in [0, 0.1) is 11.6 Å². The van der Waals surface area contributed by atoms with Gasteiger partial charge in [-0.2, -0.15) is 0 Å². The van der Waals surface area contributed by atoms with Gasteiger partial charge in [-0.15, -0.1) is 0 Å². The van der Waals surface area contributed by atoms with E-state index in [1.54, 1.807) is 24.5 Å². The van der Waals surface area contributed by atoms with Gasteiger partial charge in [0, 0.05) is 30.9 Å². The number of amides is 1. The molecule has 5 rings (SSSR count). The van der Waals surface area contributed by atoms with Gasteiger partial charge in [-0.05, 0) is 61.2 Å². The molecule has 4 heterocycles. The van der Waals surface area contributed by atoms with Crippen molar-refractivity contribution in [2.75, 3.05) is 16.8 Å². The van der Waals surface area contributed by atoms with Gasteiger partial charge in [-0.3, -0.25) is 9.78 Å². The van der Waals surface area contributed by atoms with E-state index in [9.17, 15) is 13.6 Å². The lowest BCUT2D eigenvalue weighted by Crippen LogP contribution is -2.24. The van der Waals surface area contributed by atoms with Crippen LogP contribution in [0.3, 0.4) is 0 Å². The highest BCUT2D eigenvalue weighted by Gasteiger charge is 2.30. The average Bonchev–Trinajstić information content (AvgIpc) is 3.35. The molecule has 0 unspecified atom stereocenters. The maximum absolute atomic E-state index is 14.5. The summed E-state index contributed by atoms with van der Waals surface area (Å²) in [4.78, 5) is 31.8. The number of nitrogens with zero attached hydrogens (tertiary/aromatic N) is 5. The molecule has 1 aromatic carbocycles. The quantitative estimate of drug-likeness (QED) is 0.452. The predicted molar refractivity (Wildman–Crippen MR) is 124 cm³/mol. The molecule has 1 aliphatic heterocycles. The van der Waals surface area contributed by atoms with Crippen molar-refractivity contribution in [3.8, 4) is 0 Å². The fourth-order valence-electron chi connectivity index (χ4n) is 4.31. The summed E-state index contributed by atoms with van der Waals surface area (Å²) in [5, 5.41) is 2.83. The highest BCUT2D eigenvalue weighted by atomic mass is 19.1. The van der Waals surface area contributed by atoms with E-state index in [0.29, 0.717) is 47.6 Å². The molecule has 1 N–H and O–H groups in total. The average molecular weight is 460 g/mol. The molecule has 0 aliphatic carbocycles. The van der Waals surface area contributed by atoms with Crippen LogP contribution in [-0.4, -0.2) is 32.4 Å². The van der Waals surface area contributed by atoms with Crippen molar-refractivity contribution in [1.29, 1.82) is 0 Å². The number of carbonyl (C=O) groups is 1. The van der Waals surface area contributed by atoms with Gasteiger partial charge in [0.1, 0.15) is 29.3 Å². The summed E-state index contributed by atoms with van der Waals surface area (Å²) in [7, 11) is 0. The second-order valence-electron chi connectivity index (χ2n) is 8.19. The van der Waals surface area contributed by atoms with Crippen LogP contribution in [0.5, 0.6) is 0 Å². The highest BCUT2D eigenvalue weighted by molar-refractivity contribution is 5.97. The lowest BCUT2D eigenvalue weighted by Gasteiger charge is -2.26. The van der Waals surface area contributed by atoms with Crippen molar-refractivity contribution >= 4 is 28.6 Å². The number of hydrogen-bond acceptors (Lipinski definition) is 6. The summed E-state index contributed by atoms with van der Waals surface area (Å²) < 4.78 is 28.3. The fourth-order valence-corrected chi connectivity index (χ4v) is 4.31. The molecule has 0 spiro atoms. The maximum Gasteiger partial charge on any atom is 0.225 e. The van der Waals surface area contributed by atoms with Gasteiger partial charge in [0.2, 0.25) is 5.91 Å². The number of pyridine rings is 2. The number of rotatable bonds is 6. The first kappa shape index (κ1) is 21.8. The Morgan fingerprint density at radius 2 is 2.06 bits per heavy atom. The molecule has 0 saturated carbocycles. The van der Waals surface area contributed by atoms with Crippen molar-refractivity contribution in [2.24, 2.45) is 0 Å². The normalized spacial score (nSPS) is 15.6. The largest absolute Gasteiger partial charge is 0.349 e. The molecule has 1 fully saturated rings. The van der Waals surface area contributed by atoms with Crippen molar-refractivity contribution in [3.05, 3.63) is 83.9 Å². The van der Waals surface area contributed by atoms with Gasteiger partial charge >= 0.3 is 0 Å². The summed E-state index contributed by atoms with van der Waals surface area (Å²) in [6, 6.07) is 10.5. The first-order valence-corrected chi connectivity index (χ1v) is 11.1. The smallest absolute Gasteiger partial charge is 0.225 e. The summed E-state index contributed by atoms with van der Waals surface area (Å²) in [5.74, 6) is -0.199. The summed E-state index contributed by atoms with van der Waals surface area (Å²) in [6.07, 6.45) is 7.12. The van der Waals surface area contributed by atoms with E-state index in [4.69, 9.17) is 4.98 Å². The zero-order valence-corrected chi connectivity index (χ0v) is 18.3. The van der Waals surface area contributed by atoms with Crippen molar-refractivity contribution in [2.45, 2.75) is 31.7 Å². The van der Waals surface area contributed by atoms with Gasteiger partial charge < -0.3 is 10.2 Å². The molecular formula is C25H22F2N6O. The Labute approximate surface area is 194 Å². The predicted octanol–water partition coefficient (Wildman–Crippen LogP) is 4.61. The Bertz CT molecular complexity index is 1330. The third-order valence-electron chi connectivity index (χ3n) is 5.95. The Morgan fingerprint density at radius 3 is 2.91 bits per heavy atom. The minimum Gasteiger partial charge on any atom is -0.349 e. The number of hydrogen-bond donors (Lipinski definition) is 1. The molecule has 9 heteroatoms. The van der Waals surface area contributed by atoms with E-state index in [1.807, 2.05) is 17.0 Å². The first-order chi connectivity index (χ1) is 16.6. The molecule has 172 valence electrons. The molecular weight excluding hydrogens is 438 g/mol. The van der Waals surface area contributed by atoms with E-state index >= 15 is 0 Å². The summed E-state index contributed by atoms with van der Waals surface area (Å²) in [6.45, 7) is 0.652. The molecule has 1 amide bonds. The number of anilines is 2. The summed E-state index contributed by atoms with van der Waals surface area (Å²) in [5.41, 5.74) is 2.30. The topological polar surface area (TPSA) is 83.9 Å². The summed E-state index contributed by atoms with van der Waals surface area (Å²) >= 11 is 0. The Kier molecular flexibility index (Phi) is 6.07. The molecule has 1 atom stereocenters. The number of carbonyl (C=O) groups excluding carboxylic acids is 1. The van der Waals surface area contributed by atoms with E-state index in [1.165, 1.54) is 12.4 Å². The Morgan fingerprint density at radius 1 is 1.15 bits per heavy atom. The van der Waals surface area contributed by atoms with Crippen LogP contribution in [0.4, 0.5) is 20.4 Å². The van der Waals surface area contributed by atoms with Crippen LogP contribution in [0.1, 0.15) is 36.4 Å². The van der Waals surface area contributed by atoms with E-state index < -0.39 is 11.6 Å². The van der Waals surface area contributed by atoms with Crippen molar-refractivity contribution in [1.82, 2.24) is 19.9 Å². The highest BCUT2D eigenvalue weighted by Crippen LogP contribution is 2.37. The molecule has 1 aliphatic rings. The zero-order chi connectivity index (χ0) is 23.5. The van der Waals surface area contributed by atoms with Crippen LogP contribution in [0.2, 0.25) is 0 Å². The van der Waals surface area contributed by atoms with Gasteiger partial charge in [0.25, 0.3) is 0 Å². The minimum absolute atomic E-state index is 0.197. The Hall–Kier alpha value is -4.01. The SMILES string of the molecule is O=C(CCc1cccnc1)Nc1ncnc2ccc(N3CCC[C@@H]3c3cc(F)ccc3F)nc12.